The molecule has 0 aliphatic carbocycles. The van der Waals surface area contributed by atoms with Crippen molar-refractivity contribution in [3.8, 4) is 5.75 Å². The maximum Gasteiger partial charge on any atom is 0.268 e. The molecule has 2 rings (SSSR count). The third-order valence-corrected chi connectivity index (χ3v) is 3.08. The van der Waals surface area contributed by atoms with Crippen molar-refractivity contribution in [2.45, 2.75) is 26.4 Å². The summed E-state index contributed by atoms with van der Waals surface area (Å²) in [6.45, 7) is 7.59. The van der Waals surface area contributed by atoms with E-state index in [9.17, 15) is 9.59 Å². The van der Waals surface area contributed by atoms with E-state index in [0.29, 0.717) is 30.1 Å². The Kier molecular flexibility index (Phi) is 4.08. The van der Waals surface area contributed by atoms with Crippen LogP contribution in [0.5, 0.6) is 5.75 Å². The van der Waals surface area contributed by atoms with Gasteiger partial charge in [0.2, 0.25) is 5.91 Å². The minimum Gasteiger partial charge on any atom is -0.479 e. The molecule has 20 heavy (non-hydrogen) atoms. The summed E-state index contributed by atoms with van der Waals surface area (Å²) in [6, 6.07) is 5.27. The largest absolute Gasteiger partial charge is 0.479 e. The lowest BCUT2D eigenvalue weighted by Gasteiger charge is -2.32. The van der Waals surface area contributed by atoms with Crippen LogP contribution >= 0.6 is 0 Å². The van der Waals surface area contributed by atoms with E-state index >= 15 is 0 Å². The number of rotatable bonds is 4. The predicted molar refractivity (Wildman–Crippen MR) is 78.0 cm³/mol. The molecule has 2 amide bonds. The van der Waals surface area contributed by atoms with E-state index in [0.717, 1.165) is 0 Å². The van der Waals surface area contributed by atoms with Crippen molar-refractivity contribution in [3.05, 3.63) is 30.9 Å². The molecule has 1 atom stereocenters. The first-order valence-electron chi connectivity index (χ1n) is 6.59. The van der Waals surface area contributed by atoms with E-state index in [4.69, 9.17) is 4.74 Å². The van der Waals surface area contributed by atoms with Crippen LogP contribution in [0.3, 0.4) is 0 Å². The van der Waals surface area contributed by atoms with E-state index < -0.39 is 6.10 Å². The van der Waals surface area contributed by atoms with Crippen LogP contribution in [0.4, 0.5) is 11.4 Å². The van der Waals surface area contributed by atoms with Crippen LogP contribution in [0.2, 0.25) is 0 Å². The molecule has 106 valence electrons. The van der Waals surface area contributed by atoms with Gasteiger partial charge in [0.15, 0.2) is 6.10 Å². The van der Waals surface area contributed by atoms with Crippen LogP contribution in [0, 0.1) is 0 Å². The van der Waals surface area contributed by atoms with E-state index in [-0.39, 0.29) is 11.8 Å². The normalized spacial score (nSPS) is 17.2. The first-order chi connectivity index (χ1) is 9.56. The Labute approximate surface area is 118 Å². The summed E-state index contributed by atoms with van der Waals surface area (Å²) in [4.78, 5) is 25.1. The van der Waals surface area contributed by atoms with Gasteiger partial charge in [-0.05, 0) is 19.1 Å². The Morgan fingerprint density at radius 3 is 2.95 bits per heavy atom. The number of hydrogen-bond acceptors (Lipinski definition) is 3. The second-order valence-electron chi connectivity index (χ2n) is 4.58. The van der Waals surface area contributed by atoms with Gasteiger partial charge in [0.25, 0.3) is 5.91 Å². The fourth-order valence-corrected chi connectivity index (χ4v) is 2.06. The quantitative estimate of drug-likeness (QED) is 0.857. The Hall–Kier alpha value is -2.30. The maximum absolute atomic E-state index is 12.1. The number of fused-ring (bicyclic) bond motifs is 1. The van der Waals surface area contributed by atoms with Gasteiger partial charge in [-0.3, -0.25) is 9.59 Å². The molecule has 0 saturated carbocycles. The van der Waals surface area contributed by atoms with Crippen molar-refractivity contribution in [1.29, 1.82) is 0 Å². The number of nitrogens with one attached hydrogen (secondary N) is 1. The molecule has 1 aliphatic heterocycles. The molecule has 1 N–H and O–H groups in total. The average Bonchev–Trinajstić information content (AvgIpc) is 2.43. The zero-order valence-electron chi connectivity index (χ0n) is 11.7. The number of amides is 2. The predicted octanol–water partition coefficient (Wildman–Crippen LogP) is 2.33. The topological polar surface area (TPSA) is 58.6 Å². The van der Waals surface area contributed by atoms with Crippen LogP contribution in [-0.2, 0) is 9.59 Å². The number of hydrogen-bond donors (Lipinski definition) is 1. The van der Waals surface area contributed by atoms with Gasteiger partial charge in [-0.2, -0.15) is 0 Å². The van der Waals surface area contributed by atoms with Gasteiger partial charge in [-0.25, -0.2) is 0 Å². The van der Waals surface area contributed by atoms with Crippen LogP contribution < -0.4 is 15.0 Å². The van der Waals surface area contributed by atoms with Gasteiger partial charge in [0, 0.05) is 24.7 Å². The summed E-state index contributed by atoms with van der Waals surface area (Å²) in [5.41, 5.74) is 1.36. The van der Waals surface area contributed by atoms with Gasteiger partial charge in [0.05, 0.1) is 5.69 Å². The smallest absolute Gasteiger partial charge is 0.268 e. The van der Waals surface area contributed by atoms with Crippen molar-refractivity contribution < 1.29 is 14.3 Å². The first-order valence-corrected chi connectivity index (χ1v) is 6.59. The molecular formula is C15H18N2O3. The molecular weight excluding hydrogens is 256 g/mol. The first kappa shape index (κ1) is 14.1. The van der Waals surface area contributed by atoms with Gasteiger partial charge in [0.1, 0.15) is 5.75 Å². The summed E-state index contributed by atoms with van der Waals surface area (Å²) in [7, 11) is 0. The molecule has 1 aliphatic rings. The molecule has 0 aromatic heterocycles. The minimum absolute atomic E-state index is 0.0622. The SMILES string of the molecule is C=CCN1C(=O)C(C)Oc2cc(NC(=O)CC)ccc21. The van der Waals surface area contributed by atoms with Crippen LogP contribution in [-0.4, -0.2) is 24.5 Å². The molecule has 1 aromatic carbocycles. The van der Waals surface area contributed by atoms with E-state index in [1.54, 1.807) is 43.0 Å². The highest BCUT2D eigenvalue weighted by molar-refractivity contribution is 6.00. The number of carbonyl (C=O) groups is 2. The lowest BCUT2D eigenvalue weighted by Crippen LogP contribution is -2.44. The van der Waals surface area contributed by atoms with Crippen LogP contribution in [0.15, 0.2) is 30.9 Å². The number of carbonyl (C=O) groups excluding carboxylic acids is 2. The lowest BCUT2D eigenvalue weighted by atomic mass is 10.1. The minimum atomic E-state index is -0.542. The molecule has 0 fully saturated rings. The van der Waals surface area contributed by atoms with Crippen molar-refractivity contribution >= 4 is 23.2 Å². The Bertz CT molecular complexity index is 554. The highest BCUT2D eigenvalue weighted by atomic mass is 16.5. The molecule has 1 heterocycles. The highest BCUT2D eigenvalue weighted by Crippen LogP contribution is 2.36. The third kappa shape index (κ3) is 2.66. The Morgan fingerprint density at radius 2 is 2.30 bits per heavy atom. The Balaban J connectivity index is 2.33. The number of benzene rings is 1. The number of anilines is 2. The van der Waals surface area contributed by atoms with Crippen molar-refractivity contribution in [1.82, 2.24) is 0 Å². The number of nitrogens with zero attached hydrogens (tertiary/aromatic N) is 1. The summed E-state index contributed by atoms with van der Waals surface area (Å²) in [6.07, 6.45) is 1.54. The number of ether oxygens (including phenoxy) is 1. The third-order valence-electron chi connectivity index (χ3n) is 3.08. The van der Waals surface area contributed by atoms with Gasteiger partial charge in [-0.15, -0.1) is 6.58 Å². The van der Waals surface area contributed by atoms with Crippen molar-refractivity contribution in [3.63, 3.8) is 0 Å². The highest BCUT2D eigenvalue weighted by Gasteiger charge is 2.30. The monoisotopic (exact) mass is 274 g/mol. The molecule has 0 bridgehead atoms. The van der Waals surface area contributed by atoms with Gasteiger partial charge < -0.3 is 15.0 Å². The summed E-state index contributed by atoms with van der Waals surface area (Å²) < 4.78 is 5.60. The average molecular weight is 274 g/mol. The second-order valence-corrected chi connectivity index (χ2v) is 4.58. The van der Waals surface area contributed by atoms with E-state index in [2.05, 4.69) is 11.9 Å². The lowest BCUT2D eigenvalue weighted by molar-refractivity contribution is -0.125. The van der Waals surface area contributed by atoms with Crippen LogP contribution in [0.1, 0.15) is 20.3 Å². The van der Waals surface area contributed by atoms with Crippen LogP contribution in [0.25, 0.3) is 0 Å². The molecule has 1 unspecified atom stereocenters. The molecule has 1 aromatic rings. The molecule has 0 saturated heterocycles. The molecule has 0 radical (unpaired) electrons. The summed E-state index contributed by atoms with van der Waals surface area (Å²) in [5, 5.41) is 2.77. The fraction of sp³-hybridized carbons (Fsp3) is 0.333. The van der Waals surface area contributed by atoms with Gasteiger partial charge >= 0.3 is 0 Å². The van der Waals surface area contributed by atoms with E-state index in [1.807, 2.05) is 0 Å². The summed E-state index contributed by atoms with van der Waals surface area (Å²) in [5.74, 6) is 0.434. The summed E-state index contributed by atoms with van der Waals surface area (Å²) >= 11 is 0. The zero-order chi connectivity index (χ0) is 14.7. The van der Waals surface area contributed by atoms with Crippen molar-refractivity contribution in [2.24, 2.45) is 0 Å². The molecule has 5 heteroatoms. The second kappa shape index (κ2) is 5.77. The van der Waals surface area contributed by atoms with Crippen molar-refractivity contribution in [2.75, 3.05) is 16.8 Å². The van der Waals surface area contributed by atoms with E-state index in [1.165, 1.54) is 0 Å². The zero-order valence-corrected chi connectivity index (χ0v) is 11.7. The molecule has 5 nitrogen and oxygen atoms in total. The fourth-order valence-electron chi connectivity index (χ4n) is 2.06. The maximum atomic E-state index is 12.1. The Morgan fingerprint density at radius 1 is 1.55 bits per heavy atom. The van der Waals surface area contributed by atoms with Gasteiger partial charge in [-0.1, -0.05) is 13.0 Å². The molecule has 0 spiro atoms. The standard InChI is InChI=1S/C15H18N2O3/c1-4-8-17-12-7-6-11(16-14(18)5-2)9-13(12)20-10(3)15(17)19/h4,6-7,9-10H,1,5,8H2,2-3H3,(H,16,18).